The Labute approximate surface area is 191 Å². The second-order valence-electron chi connectivity index (χ2n) is 7.57. The van der Waals surface area contributed by atoms with Gasteiger partial charge in [0.05, 0.1) is 35.5 Å². The topological polar surface area (TPSA) is 84.9 Å². The van der Waals surface area contributed by atoms with Gasteiger partial charge in [-0.1, -0.05) is 18.5 Å². The van der Waals surface area contributed by atoms with Gasteiger partial charge in [0.1, 0.15) is 11.5 Å². The Balaban J connectivity index is 1.69. The summed E-state index contributed by atoms with van der Waals surface area (Å²) in [5.74, 6) is 0.764. The third kappa shape index (κ3) is 4.44. The lowest BCUT2D eigenvalue weighted by molar-refractivity contribution is -0.119. The van der Waals surface area contributed by atoms with Gasteiger partial charge in [-0.25, -0.2) is 8.42 Å². The van der Waals surface area contributed by atoms with E-state index in [1.54, 1.807) is 34.9 Å². The number of ether oxygens (including phenoxy) is 2. The average Bonchev–Trinajstić information content (AvgIpc) is 3.57. The van der Waals surface area contributed by atoms with Crippen LogP contribution in [0, 0.1) is 5.92 Å². The quantitative estimate of drug-likeness (QED) is 0.657. The van der Waals surface area contributed by atoms with Gasteiger partial charge in [0.15, 0.2) is 0 Å². The van der Waals surface area contributed by atoms with Crippen LogP contribution in [-0.4, -0.2) is 40.3 Å². The normalized spacial score (nSPS) is 18.3. The number of fused-ring (bicyclic) bond motifs is 1. The molecule has 10 heteroatoms. The second-order valence-corrected chi connectivity index (χ2v) is 11.1. The molecule has 1 saturated carbocycles. The second kappa shape index (κ2) is 8.44. The first-order chi connectivity index (χ1) is 14.7. The van der Waals surface area contributed by atoms with Crippen molar-refractivity contribution in [1.82, 2.24) is 0 Å². The Kier molecular flexibility index (Phi) is 6.02. The van der Waals surface area contributed by atoms with Gasteiger partial charge in [-0.2, -0.15) is 0 Å². The van der Waals surface area contributed by atoms with Crippen molar-refractivity contribution in [3.8, 4) is 11.5 Å². The fourth-order valence-electron chi connectivity index (χ4n) is 3.49. The zero-order valence-electron chi connectivity index (χ0n) is 17.3. The van der Waals surface area contributed by atoms with E-state index < -0.39 is 10.0 Å². The standard InChI is InChI=1S/C21H23ClN2O5S2/c1-12-11-24(21(25)13-4-5-13)17-8-14(6-7-20(17)30-12)31(26,27)23-16-9-15(22)18(28-2)10-19(16)29-3/h6-10,12-13,23H,4-5,11H2,1-3H3/t12-/m1/s1. The molecule has 7 nitrogen and oxygen atoms in total. The van der Waals surface area contributed by atoms with Crippen LogP contribution in [0.3, 0.4) is 0 Å². The van der Waals surface area contributed by atoms with Crippen molar-refractivity contribution >= 4 is 50.7 Å². The molecule has 1 N–H and O–H groups in total. The highest BCUT2D eigenvalue weighted by atomic mass is 35.5. The fraction of sp³-hybridized carbons (Fsp3) is 0.381. The maximum absolute atomic E-state index is 13.2. The van der Waals surface area contributed by atoms with Crippen LogP contribution < -0.4 is 19.1 Å². The highest BCUT2D eigenvalue weighted by molar-refractivity contribution is 8.00. The molecule has 2 aromatic carbocycles. The van der Waals surface area contributed by atoms with Gasteiger partial charge in [-0.15, -0.1) is 11.8 Å². The van der Waals surface area contributed by atoms with Crippen LogP contribution >= 0.6 is 23.4 Å². The van der Waals surface area contributed by atoms with Crippen LogP contribution in [0.1, 0.15) is 19.8 Å². The fourth-order valence-corrected chi connectivity index (χ4v) is 5.90. The molecule has 0 spiro atoms. The predicted octanol–water partition coefficient (Wildman–Crippen LogP) is 4.40. The summed E-state index contributed by atoms with van der Waals surface area (Å²) in [4.78, 5) is 15.5. The van der Waals surface area contributed by atoms with E-state index in [0.29, 0.717) is 18.0 Å². The summed E-state index contributed by atoms with van der Waals surface area (Å²) < 4.78 is 39.3. The molecule has 2 aliphatic rings. The molecule has 1 heterocycles. The number of halogens is 1. The average molecular weight is 483 g/mol. The third-order valence-corrected chi connectivity index (χ3v) is 8.02. The number of hydrogen-bond acceptors (Lipinski definition) is 6. The minimum Gasteiger partial charge on any atom is -0.495 e. The maximum atomic E-state index is 13.2. The number of rotatable bonds is 6. The lowest BCUT2D eigenvalue weighted by atomic mass is 10.2. The van der Waals surface area contributed by atoms with E-state index in [0.717, 1.165) is 17.7 Å². The molecule has 1 fully saturated rings. The van der Waals surface area contributed by atoms with Crippen LogP contribution in [0.4, 0.5) is 11.4 Å². The predicted molar refractivity (Wildman–Crippen MR) is 122 cm³/mol. The molecule has 166 valence electrons. The minimum absolute atomic E-state index is 0.0484. The van der Waals surface area contributed by atoms with Crippen molar-refractivity contribution in [2.24, 2.45) is 5.92 Å². The number of nitrogens with zero attached hydrogens (tertiary/aromatic N) is 1. The van der Waals surface area contributed by atoms with Crippen molar-refractivity contribution in [3.63, 3.8) is 0 Å². The Morgan fingerprint density at radius 1 is 1.16 bits per heavy atom. The summed E-state index contributed by atoms with van der Waals surface area (Å²) in [6, 6.07) is 7.82. The number of carbonyl (C=O) groups excluding carboxylic acids is 1. The SMILES string of the molecule is COc1cc(OC)c(NS(=O)(=O)c2ccc3c(c2)N(C(=O)C2CC2)C[C@@H](C)S3)cc1Cl. The smallest absolute Gasteiger partial charge is 0.262 e. The van der Waals surface area contributed by atoms with Crippen molar-refractivity contribution in [1.29, 1.82) is 0 Å². The number of amides is 1. The molecule has 31 heavy (non-hydrogen) atoms. The van der Waals surface area contributed by atoms with Gasteiger partial charge in [0.25, 0.3) is 10.0 Å². The highest BCUT2D eigenvalue weighted by Crippen LogP contribution is 2.43. The molecular weight excluding hydrogens is 460 g/mol. The lowest BCUT2D eigenvalue weighted by Crippen LogP contribution is -2.39. The number of sulfonamides is 1. The molecule has 1 atom stereocenters. The molecule has 1 aliphatic heterocycles. The Morgan fingerprint density at radius 3 is 2.52 bits per heavy atom. The molecule has 0 aromatic heterocycles. The maximum Gasteiger partial charge on any atom is 0.262 e. The van der Waals surface area contributed by atoms with Gasteiger partial charge < -0.3 is 14.4 Å². The van der Waals surface area contributed by atoms with Crippen LogP contribution in [-0.2, 0) is 14.8 Å². The number of hydrogen-bond donors (Lipinski definition) is 1. The Hall–Kier alpha value is -2.10. The number of methoxy groups -OCH3 is 2. The summed E-state index contributed by atoms with van der Waals surface area (Å²) in [5, 5.41) is 0.486. The lowest BCUT2D eigenvalue weighted by Gasteiger charge is -2.33. The van der Waals surface area contributed by atoms with Crippen molar-refractivity contribution in [3.05, 3.63) is 35.4 Å². The summed E-state index contributed by atoms with van der Waals surface area (Å²) in [6.07, 6.45) is 1.79. The molecular formula is C21H23ClN2O5S2. The number of carbonyl (C=O) groups is 1. The zero-order chi connectivity index (χ0) is 22.3. The largest absolute Gasteiger partial charge is 0.495 e. The number of thioether (sulfide) groups is 1. The van der Waals surface area contributed by atoms with E-state index in [1.165, 1.54) is 26.4 Å². The van der Waals surface area contributed by atoms with E-state index >= 15 is 0 Å². The molecule has 2 aromatic rings. The van der Waals surface area contributed by atoms with Crippen molar-refractivity contribution < 1.29 is 22.7 Å². The molecule has 0 bridgehead atoms. The molecule has 1 amide bonds. The van der Waals surface area contributed by atoms with E-state index in [2.05, 4.69) is 11.6 Å². The molecule has 0 saturated heterocycles. The van der Waals surface area contributed by atoms with Gasteiger partial charge in [0.2, 0.25) is 5.91 Å². The first kappa shape index (κ1) is 22.1. The van der Waals surface area contributed by atoms with Crippen LogP contribution in [0.25, 0.3) is 0 Å². The molecule has 4 rings (SSSR count). The number of anilines is 2. The van der Waals surface area contributed by atoms with Gasteiger partial charge in [-0.3, -0.25) is 9.52 Å². The van der Waals surface area contributed by atoms with E-state index in [-0.39, 0.29) is 38.4 Å². The first-order valence-electron chi connectivity index (χ1n) is 9.80. The van der Waals surface area contributed by atoms with Crippen LogP contribution in [0.2, 0.25) is 5.02 Å². The van der Waals surface area contributed by atoms with Crippen LogP contribution in [0.5, 0.6) is 11.5 Å². The van der Waals surface area contributed by atoms with Gasteiger partial charge in [0, 0.05) is 28.7 Å². The Bertz CT molecular complexity index is 1130. The molecule has 1 aliphatic carbocycles. The monoisotopic (exact) mass is 482 g/mol. The minimum atomic E-state index is -3.96. The van der Waals surface area contributed by atoms with E-state index in [9.17, 15) is 13.2 Å². The summed E-state index contributed by atoms with van der Waals surface area (Å²) >= 11 is 7.81. The Morgan fingerprint density at radius 2 is 1.87 bits per heavy atom. The molecule has 0 unspecified atom stereocenters. The summed E-state index contributed by atoms with van der Waals surface area (Å²) in [7, 11) is -1.07. The number of benzene rings is 2. The first-order valence-corrected chi connectivity index (χ1v) is 12.5. The number of nitrogens with one attached hydrogen (secondary N) is 1. The van der Waals surface area contributed by atoms with Gasteiger partial charge >= 0.3 is 0 Å². The summed E-state index contributed by atoms with van der Waals surface area (Å²) in [5.41, 5.74) is 0.836. The van der Waals surface area contributed by atoms with Crippen molar-refractivity contribution in [2.45, 2.75) is 34.8 Å². The molecule has 0 radical (unpaired) electrons. The summed E-state index contributed by atoms with van der Waals surface area (Å²) in [6.45, 7) is 2.62. The van der Waals surface area contributed by atoms with Crippen LogP contribution in [0.15, 0.2) is 40.1 Å². The van der Waals surface area contributed by atoms with Crippen molar-refractivity contribution in [2.75, 3.05) is 30.4 Å². The van der Waals surface area contributed by atoms with E-state index in [4.69, 9.17) is 21.1 Å². The van der Waals surface area contributed by atoms with Gasteiger partial charge in [-0.05, 0) is 37.1 Å². The van der Waals surface area contributed by atoms with E-state index in [1.807, 2.05) is 0 Å². The zero-order valence-corrected chi connectivity index (χ0v) is 19.7. The highest BCUT2D eigenvalue weighted by Gasteiger charge is 2.37. The third-order valence-electron chi connectivity index (χ3n) is 5.21.